The van der Waals surface area contributed by atoms with Gasteiger partial charge < -0.3 is 0 Å². The summed E-state index contributed by atoms with van der Waals surface area (Å²) in [6.07, 6.45) is -0.297. The Hall–Kier alpha value is -1.50. The van der Waals surface area contributed by atoms with Crippen molar-refractivity contribution in [1.29, 1.82) is 0 Å². The van der Waals surface area contributed by atoms with E-state index < -0.39 is 23.3 Å². The lowest BCUT2D eigenvalue weighted by Gasteiger charge is -2.25. The summed E-state index contributed by atoms with van der Waals surface area (Å²) in [6, 6.07) is 6.29. The summed E-state index contributed by atoms with van der Waals surface area (Å²) in [6.45, 7) is 1.45. The average molecular weight is 322 g/mol. The second-order valence-corrected chi connectivity index (χ2v) is 6.12. The summed E-state index contributed by atoms with van der Waals surface area (Å²) in [5.74, 6) is -15.2. The molecule has 0 unspecified atom stereocenters. The van der Waals surface area contributed by atoms with E-state index in [9.17, 15) is 26.3 Å². The Morgan fingerprint density at radius 1 is 0.952 bits per heavy atom. The molecule has 0 fully saturated rings. The molecule has 112 valence electrons. The molecule has 1 heterocycles. The largest absolute Gasteiger partial charge is 0.380 e. The van der Waals surface area contributed by atoms with Gasteiger partial charge in [0.25, 0.3) is 0 Å². The molecule has 1 aliphatic rings. The Morgan fingerprint density at radius 2 is 1.57 bits per heavy atom. The van der Waals surface area contributed by atoms with Crippen LogP contribution in [-0.4, -0.2) is 17.8 Å². The van der Waals surface area contributed by atoms with Crippen molar-refractivity contribution in [1.82, 2.24) is 0 Å². The van der Waals surface area contributed by atoms with Gasteiger partial charge in [0.15, 0.2) is 0 Å². The average Bonchev–Trinajstić information content (AvgIpc) is 2.76. The lowest BCUT2D eigenvalue weighted by atomic mass is 9.98. The second kappa shape index (κ2) is 4.03. The van der Waals surface area contributed by atoms with Gasteiger partial charge in [-0.05, 0) is 13.0 Å². The van der Waals surface area contributed by atoms with Gasteiger partial charge in [0.2, 0.25) is 0 Å². The lowest BCUT2D eigenvalue weighted by Crippen LogP contribution is -2.48. The number of fused-ring (bicyclic) bond motifs is 1. The van der Waals surface area contributed by atoms with Crippen LogP contribution < -0.4 is 0 Å². The Bertz CT molecular complexity index is 756. The Kier molecular flexibility index (Phi) is 2.77. The third-order valence-electron chi connectivity index (χ3n) is 3.52. The zero-order valence-electron chi connectivity index (χ0n) is 10.6. The van der Waals surface area contributed by atoms with E-state index in [1.807, 2.05) is 0 Å². The topological polar surface area (TPSA) is 0 Å². The third kappa shape index (κ3) is 1.70. The molecule has 0 radical (unpaired) electrons. The van der Waals surface area contributed by atoms with E-state index in [2.05, 4.69) is 0 Å². The molecule has 3 rings (SSSR count). The van der Waals surface area contributed by atoms with E-state index in [0.29, 0.717) is 9.58 Å². The summed E-state index contributed by atoms with van der Waals surface area (Å²) in [7, 11) is 0. The predicted molar refractivity (Wildman–Crippen MR) is 69.4 cm³/mol. The van der Waals surface area contributed by atoms with Crippen molar-refractivity contribution in [3.63, 3.8) is 0 Å². The zero-order valence-corrected chi connectivity index (χ0v) is 11.4. The van der Waals surface area contributed by atoms with Gasteiger partial charge in [-0.3, -0.25) is 0 Å². The van der Waals surface area contributed by atoms with Crippen molar-refractivity contribution in [3.05, 3.63) is 40.8 Å². The minimum Gasteiger partial charge on any atom is -0.195 e. The van der Waals surface area contributed by atoms with Gasteiger partial charge in [0, 0.05) is 32.2 Å². The van der Waals surface area contributed by atoms with E-state index in [0.717, 1.165) is 11.3 Å². The number of rotatable bonds is 1. The van der Waals surface area contributed by atoms with Crippen LogP contribution in [0.4, 0.5) is 26.3 Å². The summed E-state index contributed by atoms with van der Waals surface area (Å²) in [4.78, 5) is 0.302. The molecule has 0 amide bonds. The van der Waals surface area contributed by atoms with Crippen LogP contribution in [0.1, 0.15) is 10.4 Å². The highest BCUT2D eigenvalue weighted by molar-refractivity contribution is 7.19. The van der Waals surface area contributed by atoms with E-state index in [-0.39, 0.29) is 17.0 Å². The number of hydrogen-bond donors (Lipinski definition) is 0. The maximum atomic E-state index is 13.9. The maximum absolute atomic E-state index is 13.9. The van der Waals surface area contributed by atoms with E-state index in [4.69, 9.17) is 0 Å². The SMILES string of the molecule is Cc1sc2ccccc2c1C1=CC(F)(F)C(F)(F)C1(F)F. The molecule has 1 aromatic heterocycles. The number of aryl methyl sites for hydroxylation is 1. The number of hydrogen-bond acceptors (Lipinski definition) is 1. The Balaban J connectivity index is 2.31. The molecular weight excluding hydrogens is 314 g/mol. The molecule has 0 saturated heterocycles. The fourth-order valence-electron chi connectivity index (χ4n) is 2.47. The van der Waals surface area contributed by atoms with Gasteiger partial charge >= 0.3 is 17.8 Å². The molecule has 0 spiro atoms. The van der Waals surface area contributed by atoms with E-state index >= 15 is 0 Å². The fraction of sp³-hybridized carbons (Fsp3) is 0.286. The highest BCUT2D eigenvalue weighted by atomic mass is 32.1. The maximum Gasteiger partial charge on any atom is 0.380 e. The number of halogens is 6. The smallest absolute Gasteiger partial charge is 0.195 e. The molecule has 1 aliphatic carbocycles. The molecule has 0 bridgehead atoms. The summed E-state index contributed by atoms with van der Waals surface area (Å²) >= 11 is 1.10. The van der Waals surface area contributed by atoms with Crippen molar-refractivity contribution >= 4 is 27.0 Å². The van der Waals surface area contributed by atoms with Gasteiger partial charge in [-0.25, -0.2) is 0 Å². The summed E-state index contributed by atoms with van der Waals surface area (Å²) in [5.41, 5.74) is -1.52. The first kappa shape index (κ1) is 14.4. The number of allylic oxidation sites excluding steroid dienone is 2. The molecule has 0 atom stereocenters. The molecule has 0 N–H and O–H groups in total. The van der Waals surface area contributed by atoms with Gasteiger partial charge in [-0.2, -0.15) is 26.3 Å². The van der Waals surface area contributed by atoms with Crippen LogP contribution >= 0.6 is 11.3 Å². The quantitative estimate of drug-likeness (QED) is 0.607. The van der Waals surface area contributed by atoms with Crippen LogP contribution in [0, 0.1) is 6.92 Å². The van der Waals surface area contributed by atoms with E-state index in [1.165, 1.54) is 13.0 Å². The van der Waals surface area contributed by atoms with Crippen LogP contribution in [0.25, 0.3) is 15.7 Å². The number of benzene rings is 1. The third-order valence-corrected chi connectivity index (χ3v) is 4.60. The van der Waals surface area contributed by atoms with Gasteiger partial charge in [-0.15, -0.1) is 11.3 Å². The zero-order chi connectivity index (χ0) is 15.6. The monoisotopic (exact) mass is 322 g/mol. The molecule has 21 heavy (non-hydrogen) atoms. The normalized spacial score (nSPS) is 22.5. The minimum atomic E-state index is -5.43. The van der Waals surface area contributed by atoms with Crippen LogP contribution in [-0.2, 0) is 0 Å². The van der Waals surface area contributed by atoms with Crippen molar-refractivity contribution in [2.45, 2.75) is 24.7 Å². The van der Waals surface area contributed by atoms with Crippen LogP contribution in [0.5, 0.6) is 0 Å². The standard InChI is InChI=1S/C14H8F6S/c1-7-11(8-4-2-3-5-10(8)21-7)9-6-12(15,16)14(19,20)13(9,17)18/h2-6H,1H3. The number of alkyl halides is 6. The first-order valence-corrected chi connectivity index (χ1v) is 6.76. The minimum absolute atomic E-state index is 0.225. The predicted octanol–water partition coefficient (Wildman–Crippen LogP) is 5.51. The second-order valence-electron chi connectivity index (χ2n) is 4.86. The van der Waals surface area contributed by atoms with Gasteiger partial charge in [0.05, 0.1) is 0 Å². The summed E-state index contributed by atoms with van der Waals surface area (Å²) in [5, 5.41) is 0.277. The van der Waals surface area contributed by atoms with Crippen molar-refractivity contribution in [2.24, 2.45) is 0 Å². The molecule has 0 nitrogen and oxygen atoms in total. The summed E-state index contributed by atoms with van der Waals surface area (Å²) < 4.78 is 81.5. The first-order valence-electron chi connectivity index (χ1n) is 5.95. The molecule has 0 saturated carbocycles. The lowest BCUT2D eigenvalue weighted by molar-refractivity contribution is -0.257. The van der Waals surface area contributed by atoms with Crippen molar-refractivity contribution in [3.8, 4) is 0 Å². The van der Waals surface area contributed by atoms with E-state index in [1.54, 1.807) is 18.2 Å². The van der Waals surface area contributed by atoms with Gasteiger partial charge in [0.1, 0.15) is 0 Å². The van der Waals surface area contributed by atoms with Gasteiger partial charge in [-0.1, -0.05) is 18.2 Å². The van der Waals surface area contributed by atoms with Crippen molar-refractivity contribution < 1.29 is 26.3 Å². The molecule has 1 aromatic carbocycles. The van der Waals surface area contributed by atoms with Crippen molar-refractivity contribution in [2.75, 3.05) is 0 Å². The van der Waals surface area contributed by atoms with Crippen LogP contribution in [0.3, 0.4) is 0 Å². The molecule has 2 aromatic rings. The molecule has 0 aliphatic heterocycles. The fourth-order valence-corrected chi connectivity index (χ4v) is 3.55. The Morgan fingerprint density at radius 3 is 2.14 bits per heavy atom. The Labute approximate surface area is 119 Å². The first-order chi connectivity index (χ1) is 9.59. The highest BCUT2D eigenvalue weighted by Crippen LogP contribution is 2.59. The molecule has 7 heteroatoms. The number of thiophene rings is 1. The van der Waals surface area contributed by atoms with Crippen LogP contribution in [0.15, 0.2) is 30.3 Å². The molecular formula is C14H8F6S. The highest BCUT2D eigenvalue weighted by Gasteiger charge is 2.76. The van der Waals surface area contributed by atoms with Crippen LogP contribution in [0.2, 0.25) is 0 Å².